The lowest BCUT2D eigenvalue weighted by atomic mass is 10.1. The highest BCUT2D eigenvalue weighted by molar-refractivity contribution is 5.96. The number of benzene rings is 1. The monoisotopic (exact) mass is 261 g/mol. The molecular formula is C13H15N3O3. The van der Waals surface area contributed by atoms with Gasteiger partial charge in [-0.25, -0.2) is 0 Å². The lowest BCUT2D eigenvalue weighted by Crippen LogP contribution is -2.18. The average Bonchev–Trinajstić information content (AvgIpc) is 2.43. The van der Waals surface area contributed by atoms with Gasteiger partial charge in [-0.2, -0.15) is 0 Å². The van der Waals surface area contributed by atoms with Crippen LogP contribution >= 0.6 is 0 Å². The number of aliphatic hydroxyl groups excluding tert-OH is 1. The van der Waals surface area contributed by atoms with Crippen LogP contribution in [0.3, 0.4) is 0 Å². The topological polar surface area (TPSA) is 88.3 Å². The number of hydrogen-bond acceptors (Lipinski definition) is 5. The fourth-order valence-corrected chi connectivity index (χ4v) is 1.83. The van der Waals surface area contributed by atoms with Gasteiger partial charge < -0.3 is 10.4 Å². The maximum atomic E-state index is 11.0. The van der Waals surface area contributed by atoms with Crippen molar-refractivity contribution in [1.29, 1.82) is 0 Å². The molecule has 0 radical (unpaired) electrons. The van der Waals surface area contributed by atoms with E-state index in [1.807, 2.05) is 6.92 Å². The Morgan fingerprint density at radius 1 is 1.47 bits per heavy atom. The van der Waals surface area contributed by atoms with Gasteiger partial charge in [0.1, 0.15) is 5.52 Å². The maximum Gasteiger partial charge on any atom is 0.278 e. The molecule has 0 aliphatic heterocycles. The fourth-order valence-electron chi connectivity index (χ4n) is 1.83. The smallest absolute Gasteiger partial charge is 0.278 e. The molecule has 19 heavy (non-hydrogen) atoms. The molecule has 2 rings (SSSR count). The van der Waals surface area contributed by atoms with Crippen molar-refractivity contribution in [3.05, 3.63) is 40.6 Å². The molecule has 1 heterocycles. The Morgan fingerprint density at radius 3 is 2.95 bits per heavy atom. The molecule has 2 aromatic rings. The third-order valence-corrected chi connectivity index (χ3v) is 2.94. The number of aromatic nitrogens is 1. The first-order valence-corrected chi connectivity index (χ1v) is 6.07. The highest BCUT2D eigenvalue weighted by Gasteiger charge is 2.15. The summed E-state index contributed by atoms with van der Waals surface area (Å²) in [5, 5.41) is 24.1. The van der Waals surface area contributed by atoms with E-state index in [1.165, 1.54) is 6.07 Å². The Kier molecular flexibility index (Phi) is 3.91. The fraction of sp³-hybridized carbons (Fsp3) is 0.308. The lowest BCUT2D eigenvalue weighted by molar-refractivity contribution is -0.383. The van der Waals surface area contributed by atoms with Crippen molar-refractivity contribution in [2.45, 2.75) is 19.4 Å². The first-order valence-electron chi connectivity index (χ1n) is 6.07. The summed E-state index contributed by atoms with van der Waals surface area (Å²) >= 11 is 0. The Bertz CT molecular complexity index is 601. The van der Waals surface area contributed by atoms with Crippen molar-refractivity contribution in [1.82, 2.24) is 4.98 Å². The largest absolute Gasteiger partial charge is 0.391 e. The second-order valence-corrected chi connectivity index (χ2v) is 4.23. The van der Waals surface area contributed by atoms with Gasteiger partial charge in [-0.3, -0.25) is 15.1 Å². The Labute approximate surface area is 110 Å². The van der Waals surface area contributed by atoms with Gasteiger partial charge in [-0.05, 0) is 24.6 Å². The summed E-state index contributed by atoms with van der Waals surface area (Å²) < 4.78 is 0. The molecule has 0 amide bonds. The number of rotatable bonds is 5. The van der Waals surface area contributed by atoms with E-state index in [1.54, 1.807) is 24.4 Å². The normalized spacial score (nSPS) is 12.3. The molecule has 0 bridgehead atoms. The Hall–Kier alpha value is -2.21. The van der Waals surface area contributed by atoms with Crippen LogP contribution < -0.4 is 5.32 Å². The lowest BCUT2D eigenvalue weighted by Gasteiger charge is -2.12. The number of nitro benzene ring substituents is 1. The summed E-state index contributed by atoms with van der Waals surface area (Å²) in [5.74, 6) is 0. The van der Waals surface area contributed by atoms with Gasteiger partial charge in [0, 0.05) is 18.8 Å². The molecule has 6 heteroatoms. The van der Waals surface area contributed by atoms with Crippen LogP contribution in [0.2, 0.25) is 0 Å². The van der Waals surface area contributed by atoms with Gasteiger partial charge in [0.15, 0.2) is 0 Å². The van der Waals surface area contributed by atoms with Crippen molar-refractivity contribution in [2.24, 2.45) is 0 Å². The highest BCUT2D eigenvalue weighted by Crippen LogP contribution is 2.29. The molecule has 0 saturated carbocycles. The number of pyridine rings is 1. The molecule has 1 unspecified atom stereocenters. The van der Waals surface area contributed by atoms with Crippen LogP contribution in [0.25, 0.3) is 10.9 Å². The molecule has 1 aromatic heterocycles. The summed E-state index contributed by atoms with van der Waals surface area (Å²) in [6.45, 7) is 2.28. The van der Waals surface area contributed by atoms with E-state index in [9.17, 15) is 15.2 Å². The average molecular weight is 261 g/mol. The first kappa shape index (κ1) is 13.2. The minimum Gasteiger partial charge on any atom is -0.391 e. The number of fused-ring (bicyclic) bond motifs is 1. The van der Waals surface area contributed by atoms with Gasteiger partial charge in [0.2, 0.25) is 0 Å². The van der Waals surface area contributed by atoms with Crippen molar-refractivity contribution in [3.63, 3.8) is 0 Å². The number of nitrogens with zero attached hydrogens (tertiary/aromatic N) is 2. The van der Waals surface area contributed by atoms with E-state index >= 15 is 0 Å². The molecule has 1 atom stereocenters. The summed E-state index contributed by atoms with van der Waals surface area (Å²) in [5.41, 5.74) is 1.26. The van der Waals surface area contributed by atoms with Crippen LogP contribution in [0, 0.1) is 10.1 Å². The maximum absolute atomic E-state index is 11.0. The van der Waals surface area contributed by atoms with Crippen molar-refractivity contribution in [3.8, 4) is 0 Å². The summed E-state index contributed by atoms with van der Waals surface area (Å²) in [7, 11) is 0. The molecule has 1 aromatic carbocycles. The molecule has 0 fully saturated rings. The van der Waals surface area contributed by atoms with Gasteiger partial charge in [-0.15, -0.1) is 0 Å². The number of nitro groups is 1. The van der Waals surface area contributed by atoms with Crippen molar-refractivity contribution < 1.29 is 10.0 Å². The van der Waals surface area contributed by atoms with E-state index in [0.29, 0.717) is 29.6 Å². The zero-order chi connectivity index (χ0) is 13.8. The molecule has 100 valence electrons. The van der Waals surface area contributed by atoms with Crippen molar-refractivity contribution in [2.75, 3.05) is 11.9 Å². The Morgan fingerprint density at radius 2 is 2.26 bits per heavy atom. The molecule has 2 N–H and O–H groups in total. The quantitative estimate of drug-likeness (QED) is 0.637. The zero-order valence-electron chi connectivity index (χ0n) is 10.5. The number of anilines is 1. The second kappa shape index (κ2) is 5.62. The SMILES string of the molecule is CCC(O)CNc1ccc([N+](=O)[O-])c2cccnc12. The summed E-state index contributed by atoms with van der Waals surface area (Å²) in [6, 6.07) is 6.41. The standard InChI is InChI=1S/C13H15N3O3/c1-2-9(17)8-15-11-5-6-12(16(18)19)10-4-3-7-14-13(10)11/h3-7,9,15,17H,2,8H2,1H3. The van der Waals surface area contributed by atoms with E-state index in [4.69, 9.17) is 0 Å². The number of nitrogens with one attached hydrogen (secondary N) is 1. The Balaban J connectivity index is 2.41. The van der Waals surface area contributed by atoms with Gasteiger partial charge in [0.25, 0.3) is 5.69 Å². The zero-order valence-corrected chi connectivity index (χ0v) is 10.5. The van der Waals surface area contributed by atoms with E-state index in [2.05, 4.69) is 10.3 Å². The predicted molar refractivity (Wildman–Crippen MR) is 73.2 cm³/mol. The van der Waals surface area contributed by atoms with Crippen LogP contribution in [0.1, 0.15) is 13.3 Å². The van der Waals surface area contributed by atoms with Crippen molar-refractivity contribution >= 4 is 22.3 Å². The predicted octanol–water partition coefficient (Wildman–Crippen LogP) is 2.33. The molecule has 0 aliphatic carbocycles. The van der Waals surface area contributed by atoms with Gasteiger partial charge >= 0.3 is 0 Å². The van der Waals surface area contributed by atoms with Gasteiger partial charge in [-0.1, -0.05) is 6.92 Å². The molecule has 0 saturated heterocycles. The van der Waals surface area contributed by atoms with Gasteiger partial charge in [0.05, 0.1) is 22.1 Å². The minimum absolute atomic E-state index is 0.0321. The number of aliphatic hydroxyl groups is 1. The van der Waals surface area contributed by atoms with E-state index < -0.39 is 11.0 Å². The molecule has 6 nitrogen and oxygen atoms in total. The summed E-state index contributed by atoms with van der Waals surface area (Å²) in [4.78, 5) is 14.7. The van der Waals surface area contributed by atoms with Crippen LogP contribution in [0.5, 0.6) is 0 Å². The summed E-state index contributed by atoms with van der Waals surface area (Å²) in [6.07, 6.45) is 1.78. The van der Waals surface area contributed by atoms with Crippen LogP contribution in [-0.2, 0) is 0 Å². The third-order valence-electron chi connectivity index (χ3n) is 2.94. The molecular weight excluding hydrogens is 246 g/mol. The second-order valence-electron chi connectivity index (χ2n) is 4.23. The minimum atomic E-state index is -0.450. The first-order chi connectivity index (χ1) is 9.13. The van der Waals surface area contributed by atoms with E-state index in [-0.39, 0.29) is 5.69 Å². The highest BCUT2D eigenvalue weighted by atomic mass is 16.6. The number of hydrogen-bond donors (Lipinski definition) is 2. The molecule has 0 aliphatic rings. The molecule has 0 spiro atoms. The van der Waals surface area contributed by atoms with Crippen LogP contribution in [-0.4, -0.2) is 27.7 Å². The van der Waals surface area contributed by atoms with E-state index in [0.717, 1.165) is 0 Å². The number of non-ortho nitro benzene ring substituents is 1. The van der Waals surface area contributed by atoms with Crippen LogP contribution in [0.15, 0.2) is 30.5 Å². The third kappa shape index (κ3) is 2.79. The van der Waals surface area contributed by atoms with Crippen LogP contribution in [0.4, 0.5) is 11.4 Å².